The zero-order chi connectivity index (χ0) is 11.0. The van der Waals surface area contributed by atoms with Crippen molar-refractivity contribution in [1.29, 1.82) is 0 Å². The summed E-state index contributed by atoms with van der Waals surface area (Å²) in [6.45, 7) is 2.54. The smallest absolute Gasteiger partial charge is 0.0939 e. The van der Waals surface area contributed by atoms with Gasteiger partial charge < -0.3 is 15.2 Å². The molecule has 3 rings (SSSR count). The molecule has 3 atom stereocenters. The van der Waals surface area contributed by atoms with E-state index in [-0.39, 0.29) is 5.60 Å². The third-order valence-electron chi connectivity index (χ3n) is 4.51. The van der Waals surface area contributed by atoms with Gasteiger partial charge in [-0.3, -0.25) is 0 Å². The Hall–Kier alpha value is -0.120. The fourth-order valence-corrected chi connectivity index (χ4v) is 3.23. The summed E-state index contributed by atoms with van der Waals surface area (Å²) in [6, 6.07) is 0.397. The fraction of sp³-hybridized carbons (Fsp3) is 1.00. The normalized spacial score (nSPS) is 41.4. The Balaban J connectivity index is 1.57. The van der Waals surface area contributed by atoms with Crippen LogP contribution in [0.25, 0.3) is 0 Å². The Labute approximate surface area is 97.7 Å². The number of nitrogens with two attached hydrogens (primary N) is 1. The molecule has 1 saturated carbocycles. The van der Waals surface area contributed by atoms with Crippen molar-refractivity contribution in [1.82, 2.24) is 0 Å². The summed E-state index contributed by atoms with van der Waals surface area (Å²) in [5.41, 5.74) is 6.38. The van der Waals surface area contributed by atoms with E-state index in [1.54, 1.807) is 0 Å². The Morgan fingerprint density at radius 1 is 1.25 bits per heavy atom. The van der Waals surface area contributed by atoms with E-state index in [0.717, 1.165) is 45.0 Å². The van der Waals surface area contributed by atoms with Crippen LogP contribution in [0.2, 0.25) is 0 Å². The first-order valence-corrected chi connectivity index (χ1v) is 6.75. The predicted octanol–water partition coefficient (Wildman–Crippen LogP) is 1.70. The van der Waals surface area contributed by atoms with Gasteiger partial charge in [0.05, 0.1) is 12.2 Å². The second-order valence-corrected chi connectivity index (χ2v) is 5.93. The summed E-state index contributed by atoms with van der Waals surface area (Å²) in [5, 5.41) is 0. The van der Waals surface area contributed by atoms with Crippen LogP contribution in [-0.2, 0) is 9.47 Å². The zero-order valence-corrected chi connectivity index (χ0v) is 9.99. The van der Waals surface area contributed by atoms with Crippen LogP contribution in [0.4, 0.5) is 0 Å². The lowest BCUT2D eigenvalue weighted by Crippen LogP contribution is -2.45. The molecule has 3 fully saturated rings. The molecule has 3 nitrogen and oxygen atoms in total. The van der Waals surface area contributed by atoms with E-state index in [9.17, 15) is 0 Å². The second-order valence-electron chi connectivity index (χ2n) is 5.93. The van der Waals surface area contributed by atoms with Crippen molar-refractivity contribution in [3.05, 3.63) is 0 Å². The van der Waals surface area contributed by atoms with Crippen LogP contribution in [-0.4, -0.2) is 31.5 Å². The molecule has 3 heteroatoms. The Bertz CT molecular complexity index is 246. The van der Waals surface area contributed by atoms with Gasteiger partial charge in [0, 0.05) is 25.7 Å². The molecule has 92 valence electrons. The van der Waals surface area contributed by atoms with Crippen molar-refractivity contribution < 1.29 is 9.47 Å². The molecule has 2 heterocycles. The molecular formula is C13H23NO2. The van der Waals surface area contributed by atoms with Crippen molar-refractivity contribution in [3.8, 4) is 0 Å². The lowest BCUT2D eigenvalue weighted by molar-refractivity contribution is -0.102. The van der Waals surface area contributed by atoms with Crippen LogP contribution >= 0.6 is 0 Å². The van der Waals surface area contributed by atoms with Gasteiger partial charge in [0.1, 0.15) is 0 Å². The van der Waals surface area contributed by atoms with Gasteiger partial charge in [-0.05, 0) is 31.1 Å². The van der Waals surface area contributed by atoms with Crippen LogP contribution in [0, 0.1) is 11.8 Å². The summed E-state index contributed by atoms with van der Waals surface area (Å²) in [4.78, 5) is 0. The van der Waals surface area contributed by atoms with E-state index < -0.39 is 0 Å². The first-order chi connectivity index (χ1) is 7.77. The summed E-state index contributed by atoms with van der Waals surface area (Å²) in [6.07, 6.45) is 7.40. The highest BCUT2D eigenvalue weighted by Crippen LogP contribution is 2.40. The third kappa shape index (κ3) is 2.27. The van der Waals surface area contributed by atoms with Crippen molar-refractivity contribution >= 4 is 0 Å². The van der Waals surface area contributed by atoms with Crippen LogP contribution in [0.15, 0.2) is 0 Å². The SMILES string of the molecule is NC(CC1CC1)C1CCOC2(CCOC2)C1. The van der Waals surface area contributed by atoms with Crippen molar-refractivity contribution in [3.63, 3.8) is 0 Å². The Morgan fingerprint density at radius 3 is 2.81 bits per heavy atom. The van der Waals surface area contributed by atoms with Crippen molar-refractivity contribution in [2.45, 2.75) is 50.2 Å². The minimum atomic E-state index is 0.0318. The molecule has 0 amide bonds. The minimum absolute atomic E-state index is 0.0318. The zero-order valence-electron chi connectivity index (χ0n) is 9.99. The molecule has 3 aliphatic rings. The minimum Gasteiger partial charge on any atom is -0.378 e. The van der Waals surface area contributed by atoms with Gasteiger partial charge in [-0.15, -0.1) is 0 Å². The van der Waals surface area contributed by atoms with E-state index in [1.807, 2.05) is 0 Å². The number of hydrogen-bond donors (Lipinski definition) is 1. The van der Waals surface area contributed by atoms with Crippen LogP contribution < -0.4 is 5.73 Å². The van der Waals surface area contributed by atoms with Gasteiger partial charge in [-0.1, -0.05) is 12.8 Å². The van der Waals surface area contributed by atoms with E-state index in [2.05, 4.69) is 0 Å². The van der Waals surface area contributed by atoms with E-state index in [0.29, 0.717) is 12.0 Å². The van der Waals surface area contributed by atoms with Crippen LogP contribution in [0.1, 0.15) is 38.5 Å². The highest BCUT2D eigenvalue weighted by atomic mass is 16.6. The molecule has 2 saturated heterocycles. The van der Waals surface area contributed by atoms with Gasteiger partial charge in [-0.25, -0.2) is 0 Å². The molecule has 1 aliphatic carbocycles. The van der Waals surface area contributed by atoms with Gasteiger partial charge >= 0.3 is 0 Å². The molecule has 0 aromatic rings. The van der Waals surface area contributed by atoms with Gasteiger partial charge in [0.2, 0.25) is 0 Å². The highest BCUT2D eigenvalue weighted by Gasteiger charge is 2.42. The summed E-state index contributed by atoms with van der Waals surface area (Å²) in [5.74, 6) is 1.60. The maximum Gasteiger partial charge on any atom is 0.0939 e. The maximum absolute atomic E-state index is 6.34. The monoisotopic (exact) mass is 225 g/mol. The quantitative estimate of drug-likeness (QED) is 0.795. The largest absolute Gasteiger partial charge is 0.378 e. The number of rotatable bonds is 3. The fourth-order valence-electron chi connectivity index (χ4n) is 3.23. The standard InChI is InChI=1S/C13H23NO2/c14-12(7-10-1-2-10)11-3-5-16-13(8-11)4-6-15-9-13/h10-12H,1-9,14H2. The first kappa shape index (κ1) is 11.0. The lowest BCUT2D eigenvalue weighted by atomic mass is 9.80. The molecule has 0 aromatic heterocycles. The number of hydrogen-bond acceptors (Lipinski definition) is 3. The topological polar surface area (TPSA) is 44.5 Å². The average Bonchev–Trinajstić information content (AvgIpc) is 3.00. The summed E-state index contributed by atoms with van der Waals surface area (Å²) >= 11 is 0. The first-order valence-electron chi connectivity index (χ1n) is 6.75. The van der Waals surface area contributed by atoms with E-state index in [4.69, 9.17) is 15.2 Å². The Morgan fingerprint density at radius 2 is 2.12 bits per heavy atom. The molecule has 2 aliphatic heterocycles. The third-order valence-corrected chi connectivity index (χ3v) is 4.51. The van der Waals surface area contributed by atoms with Crippen LogP contribution in [0.5, 0.6) is 0 Å². The highest BCUT2D eigenvalue weighted by molar-refractivity contribution is 4.94. The molecule has 0 radical (unpaired) electrons. The van der Waals surface area contributed by atoms with Gasteiger partial charge in [0.25, 0.3) is 0 Å². The second kappa shape index (κ2) is 4.28. The molecule has 0 aromatic carbocycles. The van der Waals surface area contributed by atoms with Crippen molar-refractivity contribution in [2.75, 3.05) is 19.8 Å². The van der Waals surface area contributed by atoms with E-state index >= 15 is 0 Å². The Kier molecular flexibility index (Phi) is 2.94. The number of ether oxygens (including phenoxy) is 2. The average molecular weight is 225 g/mol. The lowest BCUT2D eigenvalue weighted by Gasteiger charge is -2.39. The molecular weight excluding hydrogens is 202 g/mol. The molecule has 3 unspecified atom stereocenters. The molecule has 16 heavy (non-hydrogen) atoms. The van der Waals surface area contributed by atoms with Crippen LogP contribution in [0.3, 0.4) is 0 Å². The predicted molar refractivity (Wildman–Crippen MR) is 62.2 cm³/mol. The van der Waals surface area contributed by atoms with Gasteiger partial charge in [0.15, 0.2) is 0 Å². The maximum atomic E-state index is 6.34. The molecule has 2 N–H and O–H groups in total. The summed E-state index contributed by atoms with van der Waals surface area (Å²) < 4.78 is 11.4. The summed E-state index contributed by atoms with van der Waals surface area (Å²) in [7, 11) is 0. The van der Waals surface area contributed by atoms with E-state index in [1.165, 1.54) is 19.3 Å². The molecule has 0 bridgehead atoms. The van der Waals surface area contributed by atoms with Crippen molar-refractivity contribution in [2.24, 2.45) is 17.6 Å². The van der Waals surface area contributed by atoms with Gasteiger partial charge in [-0.2, -0.15) is 0 Å². The molecule has 1 spiro atoms.